The molecule has 0 unspecified atom stereocenters. The maximum Gasteiger partial charge on any atom is 0.260 e. The number of benzene rings is 1. The zero-order valence-electron chi connectivity index (χ0n) is 9.09. The van der Waals surface area contributed by atoms with Crippen molar-refractivity contribution < 1.29 is 15.0 Å². The standard InChI is InChI=1S/C12H9ClN2O3/c13-10-2-1-3-11(14-10)15-12(18)8-6-7(16)4-5-9(8)17/h1-6,16-17H,(H,14,15,18). The van der Waals surface area contributed by atoms with E-state index in [2.05, 4.69) is 10.3 Å². The van der Waals surface area contributed by atoms with Crippen molar-refractivity contribution in [2.24, 2.45) is 0 Å². The average Bonchev–Trinajstić information content (AvgIpc) is 2.32. The lowest BCUT2D eigenvalue weighted by molar-refractivity contribution is 0.102. The Balaban J connectivity index is 2.24. The van der Waals surface area contributed by atoms with Crippen LogP contribution in [0, 0.1) is 0 Å². The van der Waals surface area contributed by atoms with Crippen LogP contribution in [0.25, 0.3) is 0 Å². The quantitative estimate of drug-likeness (QED) is 0.575. The van der Waals surface area contributed by atoms with Gasteiger partial charge in [-0.1, -0.05) is 17.7 Å². The first-order valence-corrected chi connectivity index (χ1v) is 5.40. The molecule has 2 aromatic rings. The Morgan fingerprint density at radius 2 is 2.00 bits per heavy atom. The number of amides is 1. The number of nitrogens with one attached hydrogen (secondary N) is 1. The highest BCUT2D eigenvalue weighted by atomic mass is 35.5. The first-order chi connectivity index (χ1) is 8.56. The number of carbonyl (C=O) groups is 1. The minimum Gasteiger partial charge on any atom is -0.508 e. The molecule has 18 heavy (non-hydrogen) atoms. The van der Waals surface area contributed by atoms with Crippen molar-refractivity contribution in [1.29, 1.82) is 0 Å². The molecule has 1 aromatic heterocycles. The molecule has 0 atom stereocenters. The van der Waals surface area contributed by atoms with E-state index in [-0.39, 0.29) is 28.0 Å². The van der Waals surface area contributed by atoms with Gasteiger partial charge in [0.15, 0.2) is 0 Å². The van der Waals surface area contributed by atoms with E-state index < -0.39 is 5.91 Å². The molecule has 0 aliphatic rings. The number of aromatic hydroxyl groups is 2. The van der Waals surface area contributed by atoms with Gasteiger partial charge in [0.25, 0.3) is 5.91 Å². The van der Waals surface area contributed by atoms with Crippen molar-refractivity contribution in [2.75, 3.05) is 5.32 Å². The summed E-state index contributed by atoms with van der Waals surface area (Å²) in [5, 5.41) is 21.5. The zero-order chi connectivity index (χ0) is 13.1. The van der Waals surface area contributed by atoms with Gasteiger partial charge in [-0.15, -0.1) is 0 Å². The largest absolute Gasteiger partial charge is 0.508 e. The van der Waals surface area contributed by atoms with Crippen LogP contribution >= 0.6 is 11.6 Å². The molecule has 0 fully saturated rings. The summed E-state index contributed by atoms with van der Waals surface area (Å²) >= 11 is 5.68. The topological polar surface area (TPSA) is 82.5 Å². The smallest absolute Gasteiger partial charge is 0.260 e. The number of hydrogen-bond acceptors (Lipinski definition) is 4. The molecule has 2 rings (SSSR count). The van der Waals surface area contributed by atoms with Crippen LogP contribution in [0.15, 0.2) is 36.4 Å². The number of pyridine rings is 1. The number of anilines is 1. The Bertz CT molecular complexity index is 602. The lowest BCUT2D eigenvalue weighted by atomic mass is 10.2. The molecule has 0 aliphatic carbocycles. The summed E-state index contributed by atoms with van der Waals surface area (Å²) in [6.45, 7) is 0. The lowest BCUT2D eigenvalue weighted by Gasteiger charge is -2.06. The summed E-state index contributed by atoms with van der Waals surface area (Å²) in [6.07, 6.45) is 0. The second-order valence-corrected chi connectivity index (χ2v) is 3.89. The van der Waals surface area contributed by atoms with Crippen LogP contribution in [0.2, 0.25) is 5.15 Å². The van der Waals surface area contributed by atoms with Gasteiger partial charge >= 0.3 is 0 Å². The second kappa shape index (κ2) is 4.93. The van der Waals surface area contributed by atoms with E-state index in [1.165, 1.54) is 12.1 Å². The number of halogens is 1. The number of hydrogen-bond donors (Lipinski definition) is 3. The summed E-state index contributed by atoms with van der Waals surface area (Å²) in [4.78, 5) is 15.7. The SMILES string of the molecule is O=C(Nc1cccc(Cl)n1)c1cc(O)ccc1O. The third-order valence-corrected chi connectivity index (χ3v) is 2.39. The van der Waals surface area contributed by atoms with Crippen molar-refractivity contribution in [3.05, 3.63) is 47.1 Å². The fraction of sp³-hybridized carbons (Fsp3) is 0. The van der Waals surface area contributed by atoms with Gasteiger partial charge in [0.05, 0.1) is 5.56 Å². The highest BCUT2D eigenvalue weighted by Gasteiger charge is 2.12. The van der Waals surface area contributed by atoms with Crippen LogP contribution in [-0.4, -0.2) is 21.1 Å². The number of nitrogens with zero attached hydrogens (tertiary/aromatic N) is 1. The highest BCUT2D eigenvalue weighted by Crippen LogP contribution is 2.23. The number of phenols is 2. The molecule has 1 heterocycles. The molecule has 0 bridgehead atoms. The normalized spacial score (nSPS) is 10.1. The van der Waals surface area contributed by atoms with Crippen LogP contribution in [0.5, 0.6) is 11.5 Å². The van der Waals surface area contributed by atoms with Gasteiger partial charge in [-0.05, 0) is 30.3 Å². The van der Waals surface area contributed by atoms with E-state index in [1.807, 2.05) is 0 Å². The van der Waals surface area contributed by atoms with E-state index in [9.17, 15) is 15.0 Å². The minimum absolute atomic E-state index is 0.0447. The summed E-state index contributed by atoms with van der Waals surface area (Å²) in [7, 11) is 0. The molecule has 0 spiro atoms. The van der Waals surface area contributed by atoms with Crippen molar-refractivity contribution in [2.45, 2.75) is 0 Å². The van der Waals surface area contributed by atoms with Gasteiger partial charge in [0.1, 0.15) is 22.5 Å². The van der Waals surface area contributed by atoms with Gasteiger partial charge in [-0.25, -0.2) is 4.98 Å². The van der Waals surface area contributed by atoms with E-state index in [0.29, 0.717) is 0 Å². The van der Waals surface area contributed by atoms with Crippen molar-refractivity contribution >= 4 is 23.3 Å². The zero-order valence-corrected chi connectivity index (χ0v) is 9.85. The molecule has 0 saturated heterocycles. The predicted octanol–water partition coefficient (Wildman–Crippen LogP) is 2.40. The number of phenolic OH excluding ortho intramolecular Hbond substituents is 2. The maximum absolute atomic E-state index is 11.8. The molecular formula is C12H9ClN2O3. The third kappa shape index (κ3) is 2.70. The van der Waals surface area contributed by atoms with Gasteiger partial charge in [0.2, 0.25) is 0 Å². The summed E-state index contributed by atoms with van der Waals surface area (Å²) in [5.41, 5.74) is -0.0447. The van der Waals surface area contributed by atoms with E-state index in [0.717, 1.165) is 6.07 Å². The fourth-order valence-corrected chi connectivity index (χ4v) is 1.53. The lowest BCUT2D eigenvalue weighted by Crippen LogP contribution is -2.13. The van der Waals surface area contributed by atoms with Crippen molar-refractivity contribution in [1.82, 2.24) is 4.98 Å². The number of aromatic nitrogens is 1. The Labute approximate surface area is 108 Å². The molecule has 0 aliphatic heterocycles. The van der Waals surface area contributed by atoms with Crippen LogP contribution in [0.4, 0.5) is 5.82 Å². The summed E-state index contributed by atoms with van der Waals surface area (Å²) in [5.74, 6) is -0.669. The highest BCUT2D eigenvalue weighted by molar-refractivity contribution is 6.29. The maximum atomic E-state index is 11.8. The number of carbonyl (C=O) groups excluding carboxylic acids is 1. The minimum atomic E-state index is -0.585. The van der Waals surface area contributed by atoms with Crippen molar-refractivity contribution in [3.63, 3.8) is 0 Å². The first-order valence-electron chi connectivity index (χ1n) is 5.02. The number of rotatable bonds is 2. The monoisotopic (exact) mass is 264 g/mol. The van der Waals surface area contributed by atoms with Crippen molar-refractivity contribution in [3.8, 4) is 11.5 Å². The van der Waals surface area contributed by atoms with Crippen LogP contribution in [0.3, 0.4) is 0 Å². The Morgan fingerprint density at radius 3 is 2.72 bits per heavy atom. The van der Waals surface area contributed by atoms with Gasteiger partial charge in [-0.3, -0.25) is 4.79 Å². The summed E-state index contributed by atoms with van der Waals surface area (Å²) < 4.78 is 0. The molecule has 0 saturated carbocycles. The first kappa shape index (κ1) is 12.2. The summed E-state index contributed by atoms with van der Waals surface area (Å²) in [6, 6.07) is 8.44. The van der Waals surface area contributed by atoms with Crippen LogP contribution < -0.4 is 5.32 Å². The van der Waals surface area contributed by atoms with E-state index in [4.69, 9.17) is 11.6 Å². The Hall–Kier alpha value is -2.27. The molecule has 5 nitrogen and oxygen atoms in total. The molecule has 3 N–H and O–H groups in total. The van der Waals surface area contributed by atoms with Gasteiger partial charge in [-0.2, -0.15) is 0 Å². The van der Waals surface area contributed by atoms with Gasteiger partial charge < -0.3 is 15.5 Å². The third-order valence-electron chi connectivity index (χ3n) is 2.18. The molecule has 6 heteroatoms. The second-order valence-electron chi connectivity index (χ2n) is 3.50. The molecular weight excluding hydrogens is 256 g/mol. The fourth-order valence-electron chi connectivity index (χ4n) is 1.37. The predicted molar refractivity (Wildman–Crippen MR) is 67.0 cm³/mol. The average molecular weight is 265 g/mol. The Morgan fingerprint density at radius 1 is 1.22 bits per heavy atom. The van der Waals surface area contributed by atoms with E-state index >= 15 is 0 Å². The van der Waals surface area contributed by atoms with Crippen LogP contribution in [-0.2, 0) is 0 Å². The Kier molecular flexibility index (Phi) is 3.34. The molecule has 1 aromatic carbocycles. The van der Waals surface area contributed by atoms with E-state index in [1.54, 1.807) is 18.2 Å². The molecule has 1 amide bonds. The molecule has 92 valence electrons. The molecule has 0 radical (unpaired) electrons. The van der Waals surface area contributed by atoms with Crippen LogP contribution in [0.1, 0.15) is 10.4 Å². The van der Waals surface area contributed by atoms with Gasteiger partial charge in [0, 0.05) is 0 Å².